The number of nitrogens with one attached hydrogen (secondary N) is 1. The van der Waals surface area contributed by atoms with Crippen LogP contribution in [0.15, 0.2) is 54.7 Å². The molecule has 36 heavy (non-hydrogen) atoms. The van der Waals surface area contributed by atoms with E-state index >= 15 is 0 Å². The van der Waals surface area contributed by atoms with Crippen molar-refractivity contribution in [2.75, 3.05) is 44.4 Å². The average molecular weight is 486 g/mol. The van der Waals surface area contributed by atoms with Gasteiger partial charge in [-0.05, 0) is 36.8 Å². The maximum Gasteiger partial charge on any atom is 0.341 e. The van der Waals surface area contributed by atoms with E-state index in [9.17, 15) is 9.59 Å². The van der Waals surface area contributed by atoms with Crippen LogP contribution in [0.5, 0.6) is 0 Å². The third-order valence-electron chi connectivity index (χ3n) is 5.76. The number of aromatic nitrogens is 2. The largest absolute Gasteiger partial charge is 0.462 e. The van der Waals surface area contributed by atoms with Crippen molar-refractivity contribution in [2.24, 2.45) is 0 Å². The fourth-order valence-corrected chi connectivity index (χ4v) is 3.91. The minimum atomic E-state index is -0.509. The molecule has 0 bridgehead atoms. The number of esters is 1. The quantitative estimate of drug-likeness (QED) is 0.382. The molecule has 3 aromatic rings. The number of nitriles is 1. The van der Waals surface area contributed by atoms with Crippen molar-refractivity contribution >= 4 is 17.6 Å². The topological polar surface area (TPSA) is 117 Å². The van der Waals surface area contributed by atoms with Crippen molar-refractivity contribution in [2.45, 2.75) is 13.3 Å². The van der Waals surface area contributed by atoms with Crippen LogP contribution in [0.25, 0.3) is 11.3 Å². The average Bonchev–Trinajstić information content (AvgIpc) is 2.93. The van der Waals surface area contributed by atoms with Gasteiger partial charge in [0.15, 0.2) is 0 Å². The molecule has 1 aliphatic heterocycles. The highest BCUT2D eigenvalue weighted by Gasteiger charge is 2.18. The number of nitrogens with zero attached hydrogens (tertiary/aromatic N) is 4. The van der Waals surface area contributed by atoms with Crippen molar-refractivity contribution in [1.82, 2.24) is 15.3 Å². The molecule has 1 fully saturated rings. The molecular formula is C27H27N5O4. The van der Waals surface area contributed by atoms with Gasteiger partial charge in [-0.25, -0.2) is 14.8 Å². The zero-order chi connectivity index (χ0) is 25.3. The van der Waals surface area contributed by atoms with E-state index in [-0.39, 0.29) is 24.6 Å². The smallest absolute Gasteiger partial charge is 0.341 e. The summed E-state index contributed by atoms with van der Waals surface area (Å²) in [5, 5.41) is 11.2. The number of anilines is 1. The first-order valence-electron chi connectivity index (χ1n) is 11.8. The lowest BCUT2D eigenvalue weighted by Gasteiger charge is -2.28. The molecule has 184 valence electrons. The van der Waals surface area contributed by atoms with Crippen molar-refractivity contribution < 1.29 is 19.1 Å². The van der Waals surface area contributed by atoms with E-state index in [2.05, 4.69) is 39.5 Å². The molecule has 0 unspecified atom stereocenters. The molecule has 9 heteroatoms. The van der Waals surface area contributed by atoms with Crippen LogP contribution in [-0.2, 0) is 15.9 Å². The van der Waals surface area contributed by atoms with Gasteiger partial charge in [0, 0.05) is 42.5 Å². The van der Waals surface area contributed by atoms with Crippen LogP contribution >= 0.6 is 0 Å². The van der Waals surface area contributed by atoms with Crippen molar-refractivity contribution in [3.63, 3.8) is 0 Å². The molecule has 4 rings (SSSR count). The minimum absolute atomic E-state index is 0.0731. The summed E-state index contributed by atoms with van der Waals surface area (Å²) < 4.78 is 10.6. The summed E-state index contributed by atoms with van der Waals surface area (Å²) in [4.78, 5) is 36.1. The fraction of sp³-hybridized carbons (Fsp3) is 0.296. The van der Waals surface area contributed by atoms with Gasteiger partial charge in [0.1, 0.15) is 17.9 Å². The van der Waals surface area contributed by atoms with Gasteiger partial charge in [0.2, 0.25) is 0 Å². The van der Waals surface area contributed by atoms with Crippen molar-refractivity contribution in [3.05, 3.63) is 77.2 Å². The summed E-state index contributed by atoms with van der Waals surface area (Å²) in [7, 11) is 0. The molecule has 1 amide bonds. The highest BCUT2D eigenvalue weighted by atomic mass is 16.5. The minimum Gasteiger partial charge on any atom is -0.462 e. The normalized spacial score (nSPS) is 13.1. The SMILES string of the molecule is CCOC(=O)c1cnc(Cc2ccc(N3CCOCC3)cc2)nc1-c1ccc(C(=O)NCC#N)cc1. The number of rotatable bonds is 8. The van der Waals surface area contributed by atoms with Crippen molar-refractivity contribution in [1.29, 1.82) is 5.26 Å². The lowest BCUT2D eigenvalue weighted by atomic mass is 10.0. The Labute approximate surface area is 209 Å². The van der Waals surface area contributed by atoms with E-state index in [1.54, 1.807) is 31.2 Å². The van der Waals surface area contributed by atoms with Gasteiger partial charge in [-0.2, -0.15) is 5.26 Å². The van der Waals surface area contributed by atoms with Crippen LogP contribution in [-0.4, -0.2) is 61.3 Å². The molecule has 2 heterocycles. The van der Waals surface area contributed by atoms with Gasteiger partial charge in [0.25, 0.3) is 5.91 Å². The first-order chi connectivity index (χ1) is 17.6. The molecule has 1 saturated heterocycles. The number of carbonyl (C=O) groups is 2. The lowest BCUT2D eigenvalue weighted by Crippen LogP contribution is -2.36. The van der Waals surface area contributed by atoms with Crippen LogP contribution in [0, 0.1) is 11.3 Å². The molecule has 0 saturated carbocycles. The highest BCUT2D eigenvalue weighted by molar-refractivity contribution is 5.97. The second-order valence-corrected chi connectivity index (χ2v) is 8.13. The number of amides is 1. The summed E-state index contributed by atoms with van der Waals surface area (Å²) in [6.45, 7) is 5.11. The van der Waals surface area contributed by atoms with Gasteiger partial charge < -0.3 is 19.7 Å². The Kier molecular flexibility index (Phi) is 8.21. The Balaban J connectivity index is 1.58. The first kappa shape index (κ1) is 24.8. The predicted octanol–water partition coefficient (Wildman–Crippen LogP) is 3.00. The Hall–Kier alpha value is -4.29. The Morgan fingerprint density at radius 3 is 2.50 bits per heavy atom. The summed E-state index contributed by atoms with van der Waals surface area (Å²) >= 11 is 0. The third kappa shape index (κ3) is 6.03. The Morgan fingerprint density at radius 2 is 1.83 bits per heavy atom. The maximum atomic E-state index is 12.6. The molecule has 1 aliphatic rings. The number of morpholine rings is 1. The third-order valence-corrected chi connectivity index (χ3v) is 5.76. The van der Waals surface area contributed by atoms with E-state index in [0.717, 1.165) is 37.6 Å². The van der Waals surface area contributed by atoms with Crippen molar-refractivity contribution in [3.8, 4) is 17.3 Å². The fourth-order valence-electron chi connectivity index (χ4n) is 3.91. The van der Waals surface area contributed by atoms with Gasteiger partial charge in [-0.15, -0.1) is 0 Å². The van der Waals surface area contributed by atoms with Crippen LogP contribution in [0.4, 0.5) is 5.69 Å². The predicted molar refractivity (Wildman–Crippen MR) is 134 cm³/mol. The number of ether oxygens (including phenoxy) is 2. The maximum absolute atomic E-state index is 12.6. The van der Waals surface area contributed by atoms with Gasteiger partial charge >= 0.3 is 5.97 Å². The molecule has 9 nitrogen and oxygen atoms in total. The van der Waals surface area contributed by atoms with Gasteiger partial charge in [-0.3, -0.25) is 4.79 Å². The number of hydrogen-bond acceptors (Lipinski definition) is 8. The van der Waals surface area contributed by atoms with Gasteiger partial charge in [-0.1, -0.05) is 24.3 Å². The zero-order valence-electron chi connectivity index (χ0n) is 20.1. The van der Waals surface area contributed by atoms with E-state index in [1.807, 2.05) is 6.07 Å². The molecule has 0 spiro atoms. The standard InChI is InChI=1S/C27H27N5O4/c1-2-36-27(34)23-18-30-24(17-19-3-9-22(10-4-19)32-13-15-35-16-14-32)31-25(23)20-5-7-21(8-6-20)26(33)29-12-11-28/h3-10,18H,2,12-17H2,1H3,(H,29,33). The number of hydrogen-bond donors (Lipinski definition) is 1. The number of benzene rings is 2. The Morgan fingerprint density at radius 1 is 1.11 bits per heavy atom. The van der Waals surface area contributed by atoms with Crippen LogP contribution in [0.1, 0.15) is 39.0 Å². The monoisotopic (exact) mass is 485 g/mol. The molecule has 1 aromatic heterocycles. The van der Waals surface area contributed by atoms with E-state index in [0.29, 0.717) is 29.1 Å². The second kappa shape index (κ2) is 11.9. The molecule has 1 N–H and O–H groups in total. The number of carbonyl (C=O) groups excluding carboxylic acids is 2. The van der Waals surface area contributed by atoms with Crippen LogP contribution < -0.4 is 10.2 Å². The molecular weight excluding hydrogens is 458 g/mol. The van der Waals surface area contributed by atoms with E-state index in [1.165, 1.54) is 6.20 Å². The first-order valence-corrected chi connectivity index (χ1v) is 11.8. The second-order valence-electron chi connectivity index (χ2n) is 8.13. The molecule has 2 aromatic carbocycles. The molecule has 0 atom stereocenters. The lowest BCUT2D eigenvalue weighted by molar-refractivity contribution is 0.0526. The molecule has 0 aliphatic carbocycles. The summed E-state index contributed by atoms with van der Waals surface area (Å²) in [5.41, 5.74) is 3.95. The van der Waals surface area contributed by atoms with E-state index in [4.69, 9.17) is 19.7 Å². The molecule has 0 radical (unpaired) electrons. The van der Waals surface area contributed by atoms with Gasteiger partial charge in [0.05, 0.1) is 31.6 Å². The van der Waals surface area contributed by atoms with Crippen LogP contribution in [0.3, 0.4) is 0 Å². The summed E-state index contributed by atoms with van der Waals surface area (Å²) in [6, 6.07) is 16.9. The zero-order valence-corrected chi connectivity index (χ0v) is 20.1. The summed E-state index contributed by atoms with van der Waals surface area (Å²) in [6.07, 6.45) is 1.99. The highest BCUT2D eigenvalue weighted by Crippen LogP contribution is 2.24. The summed E-state index contributed by atoms with van der Waals surface area (Å²) in [5.74, 6) is -0.296. The Bertz CT molecular complexity index is 1250. The van der Waals surface area contributed by atoms with E-state index < -0.39 is 5.97 Å². The van der Waals surface area contributed by atoms with Crippen LogP contribution in [0.2, 0.25) is 0 Å².